The van der Waals surface area contributed by atoms with Gasteiger partial charge in [0.25, 0.3) is 0 Å². The van der Waals surface area contributed by atoms with E-state index in [-0.39, 0.29) is 24.2 Å². The molecule has 6 heteroatoms. The predicted octanol–water partition coefficient (Wildman–Crippen LogP) is 4.13. The lowest BCUT2D eigenvalue weighted by Gasteiger charge is -2.62. The average Bonchev–Trinajstić information content (AvgIpc) is 2.78. The van der Waals surface area contributed by atoms with Gasteiger partial charge in [-0.05, 0) is 73.5 Å². The van der Waals surface area contributed by atoms with Crippen LogP contribution in [0.25, 0.3) is 0 Å². The summed E-state index contributed by atoms with van der Waals surface area (Å²) >= 11 is 0. The normalized spacial score (nSPS) is 29.9. The van der Waals surface area contributed by atoms with Crippen molar-refractivity contribution in [2.75, 3.05) is 26.4 Å². The van der Waals surface area contributed by atoms with Gasteiger partial charge in [-0.2, -0.15) is 0 Å². The quantitative estimate of drug-likeness (QED) is 0.293. The maximum atomic E-state index is 11.3. The lowest BCUT2D eigenvalue weighted by Crippen LogP contribution is -2.58. The molecule has 4 aliphatic carbocycles. The van der Waals surface area contributed by atoms with Crippen LogP contribution in [0.15, 0.2) is 49.6 Å². The fourth-order valence-electron chi connectivity index (χ4n) is 6.41. The van der Waals surface area contributed by atoms with Crippen molar-refractivity contribution in [1.29, 1.82) is 0 Å². The van der Waals surface area contributed by atoms with Crippen molar-refractivity contribution in [3.63, 3.8) is 0 Å². The second-order valence-electron chi connectivity index (χ2n) is 9.39. The Hall–Kier alpha value is -2.60. The van der Waals surface area contributed by atoms with Crippen LogP contribution in [0.3, 0.4) is 0 Å². The van der Waals surface area contributed by atoms with E-state index in [2.05, 4.69) is 25.3 Å². The Kier molecular flexibility index (Phi) is 6.70. The summed E-state index contributed by atoms with van der Waals surface area (Å²) in [6, 6.07) is 8.37. The fraction of sp³-hybridized carbons (Fsp3) is 0.538. The van der Waals surface area contributed by atoms with Crippen LogP contribution in [-0.4, -0.2) is 44.0 Å². The molecule has 0 N–H and O–H groups in total. The van der Waals surface area contributed by atoms with E-state index in [4.69, 9.17) is 18.9 Å². The maximum absolute atomic E-state index is 11.3. The average molecular weight is 441 g/mol. The SMILES string of the molecule is C=CC(=O)OCCOc1ccc(C23CC4CC(CC(OCCOC(=O)C=C)(C4)C2)C3)cc1. The van der Waals surface area contributed by atoms with Crippen LogP contribution in [0, 0.1) is 11.8 Å². The number of hydrogen-bond acceptors (Lipinski definition) is 6. The zero-order chi connectivity index (χ0) is 22.6. The highest BCUT2D eigenvalue weighted by Crippen LogP contribution is 2.63. The molecule has 6 nitrogen and oxygen atoms in total. The maximum Gasteiger partial charge on any atom is 0.330 e. The van der Waals surface area contributed by atoms with E-state index in [1.807, 2.05) is 12.1 Å². The Balaban J connectivity index is 1.37. The van der Waals surface area contributed by atoms with Crippen molar-refractivity contribution in [1.82, 2.24) is 0 Å². The summed E-state index contributed by atoms with van der Waals surface area (Å²) in [5.74, 6) is 1.28. The number of carbonyl (C=O) groups excluding carboxylic acids is 2. The third-order valence-corrected chi connectivity index (χ3v) is 7.14. The van der Waals surface area contributed by atoms with Gasteiger partial charge in [-0.15, -0.1) is 0 Å². The molecule has 0 spiro atoms. The van der Waals surface area contributed by atoms with Gasteiger partial charge in [0.2, 0.25) is 0 Å². The van der Waals surface area contributed by atoms with Gasteiger partial charge in [0.05, 0.1) is 12.2 Å². The lowest BCUT2D eigenvalue weighted by molar-refractivity contribution is -0.179. The zero-order valence-corrected chi connectivity index (χ0v) is 18.6. The largest absolute Gasteiger partial charge is 0.490 e. The number of rotatable bonds is 11. The summed E-state index contributed by atoms with van der Waals surface area (Å²) in [5.41, 5.74) is 1.37. The van der Waals surface area contributed by atoms with Crippen LogP contribution < -0.4 is 4.74 Å². The second kappa shape index (κ2) is 9.49. The summed E-state index contributed by atoms with van der Waals surface area (Å²) < 4.78 is 22.2. The van der Waals surface area contributed by atoms with Gasteiger partial charge in [0, 0.05) is 12.2 Å². The minimum absolute atomic E-state index is 0.116. The van der Waals surface area contributed by atoms with E-state index < -0.39 is 11.9 Å². The third kappa shape index (κ3) is 4.90. The Morgan fingerprint density at radius 3 is 2.06 bits per heavy atom. The highest BCUT2D eigenvalue weighted by molar-refractivity contribution is 5.81. The molecule has 4 aliphatic rings. The zero-order valence-electron chi connectivity index (χ0n) is 18.6. The lowest BCUT2D eigenvalue weighted by atomic mass is 9.46. The standard InChI is InChI=1S/C26H32O6/c1-3-23(27)30-10-9-29-22-7-5-21(6-8-22)25-14-19-13-20(15-25)17-26(16-19,18-25)32-12-11-31-24(28)4-2/h3-8,19-20H,1-2,9-18H2. The van der Waals surface area contributed by atoms with Crippen molar-refractivity contribution >= 4 is 11.9 Å². The Bertz CT molecular complexity index is 844. The van der Waals surface area contributed by atoms with Gasteiger partial charge in [0.15, 0.2) is 0 Å². The van der Waals surface area contributed by atoms with E-state index in [0.717, 1.165) is 31.1 Å². The topological polar surface area (TPSA) is 71.1 Å². The van der Waals surface area contributed by atoms with Gasteiger partial charge in [-0.1, -0.05) is 25.3 Å². The first-order valence-corrected chi connectivity index (χ1v) is 11.4. The fourth-order valence-corrected chi connectivity index (χ4v) is 6.41. The van der Waals surface area contributed by atoms with Gasteiger partial charge >= 0.3 is 11.9 Å². The third-order valence-electron chi connectivity index (χ3n) is 7.14. The molecule has 172 valence electrons. The molecule has 0 aromatic heterocycles. The van der Waals surface area contributed by atoms with Crippen LogP contribution in [0.1, 0.15) is 44.1 Å². The molecule has 0 radical (unpaired) electrons. The first kappa shape index (κ1) is 22.6. The number of benzene rings is 1. The first-order chi connectivity index (χ1) is 15.5. The Morgan fingerprint density at radius 1 is 0.875 bits per heavy atom. The van der Waals surface area contributed by atoms with E-state index in [1.54, 1.807) is 0 Å². The molecule has 1 aromatic rings. The molecule has 0 heterocycles. The molecule has 2 atom stereocenters. The molecular formula is C26H32O6. The van der Waals surface area contributed by atoms with E-state index in [9.17, 15) is 9.59 Å². The van der Waals surface area contributed by atoms with Crippen LogP contribution in [0.5, 0.6) is 5.75 Å². The smallest absolute Gasteiger partial charge is 0.330 e. The molecule has 0 amide bonds. The minimum Gasteiger partial charge on any atom is -0.490 e. The number of esters is 2. The molecule has 0 saturated heterocycles. The Labute approximate surface area is 189 Å². The van der Waals surface area contributed by atoms with Crippen molar-refractivity contribution in [2.45, 2.75) is 49.5 Å². The number of hydrogen-bond donors (Lipinski definition) is 0. The highest BCUT2D eigenvalue weighted by Gasteiger charge is 2.58. The highest BCUT2D eigenvalue weighted by atomic mass is 16.6. The van der Waals surface area contributed by atoms with Gasteiger partial charge in [0.1, 0.15) is 25.6 Å². The molecule has 2 unspecified atom stereocenters. The number of carbonyl (C=O) groups is 2. The van der Waals surface area contributed by atoms with Crippen molar-refractivity contribution in [3.05, 3.63) is 55.1 Å². The first-order valence-electron chi connectivity index (χ1n) is 11.4. The molecule has 4 fully saturated rings. The number of ether oxygens (including phenoxy) is 4. The van der Waals surface area contributed by atoms with Gasteiger partial charge in [-0.25, -0.2) is 9.59 Å². The molecule has 1 aromatic carbocycles. The van der Waals surface area contributed by atoms with Gasteiger partial charge in [-0.3, -0.25) is 0 Å². The van der Waals surface area contributed by atoms with Crippen LogP contribution >= 0.6 is 0 Å². The van der Waals surface area contributed by atoms with Crippen molar-refractivity contribution in [3.8, 4) is 5.75 Å². The summed E-state index contributed by atoms with van der Waals surface area (Å²) in [5, 5.41) is 0. The van der Waals surface area contributed by atoms with E-state index in [0.29, 0.717) is 25.0 Å². The predicted molar refractivity (Wildman–Crippen MR) is 119 cm³/mol. The van der Waals surface area contributed by atoms with Crippen LogP contribution in [0.2, 0.25) is 0 Å². The molecule has 32 heavy (non-hydrogen) atoms. The minimum atomic E-state index is -0.444. The van der Waals surface area contributed by atoms with Crippen LogP contribution in [-0.2, 0) is 29.2 Å². The molecule has 0 aliphatic heterocycles. The van der Waals surface area contributed by atoms with Gasteiger partial charge < -0.3 is 18.9 Å². The summed E-state index contributed by atoms with van der Waals surface area (Å²) in [4.78, 5) is 22.4. The summed E-state index contributed by atoms with van der Waals surface area (Å²) in [6.07, 6.45) is 9.25. The monoisotopic (exact) mass is 440 g/mol. The van der Waals surface area contributed by atoms with E-state index in [1.165, 1.54) is 30.9 Å². The molecular weight excluding hydrogens is 408 g/mol. The summed E-state index contributed by atoms with van der Waals surface area (Å²) in [7, 11) is 0. The van der Waals surface area contributed by atoms with Crippen molar-refractivity contribution < 1.29 is 28.5 Å². The van der Waals surface area contributed by atoms with E-state index >= 15 is 0 Å². The second-order valence-corrected chi connectivity index (χ2v) is 9.39. The molecule has 5 rings (SSSR count). The molecule has 4 saturated carbocycles. The van der Waals surface area contributed by atoms with Crippen LogP contribution in [0.4, 0.5) is 0 Å². The molecule has 4 bridgehead atoms. The summed E-state index contributed by atoms with van der Waals surface area (Å²) in [6.45, 7) is 8.00. The van der Waals surface area contributed by atoms with Crippen molar-refractivity contribution in [2.24, 2.45) is 11.8 Å². The Morgan fingerprint density at radius 2 is 1.47 bits per heavy atom.